The van der Waals surface area contributed by atoms with E-state index in [4.69, 9.17) is 28.9 Å². The normalized spacial score (nSPS) is 19.5. The lowest BCUT2D eigenvalue weighted by Gasteiger charge is -2.34. The number of allylic oxidation sites excluding steroid dienone is 2. The van der Waals surface area contributed by atoms with E-state index in [1.54, 1.807) is 69.2 Å². The number of benzene rings is 4. The Hall–Kier alpha value is -8.91. The average Bonchev–Trinajstić information content (AvgIpc) is 2.83. The summed E-state index contributed by atoms with van der Waals surface area (Å²) in [4.78, 5) is 108. The van der Waals surface area contributed by atoms with Gasteiger partial charge in [-0.15, -0.1) is 0 Å². The number of nitrogens with one attached hydrogen (secondary N) is 3. The van der Waals surface area contributed by atoms with E-state index in [-0.39, 0.29) is 73.5 Å². The molecule has 1 fully saturated rings. The van der Waals surface area contributed by atoms with Crippen LogP contribution in [0.5, 0.6) is 23.0 Å². The Morgan fingerprint density at radius 2 is 1.29 bits per heavy atom. The minimum absolute atomic E-state index is 0.0876. The molecule has 444 valence electrons. The Bertz CT molecular complexity index is 3380. The van der Waals surface area contributed by atoms with Gasteiger partial charge in [-0.2, -0.15) is 0 Å². The van der Waals surface area contributed by atoms with Crippen LogP contribution in [0.25, 0.3) is 11.1 Å². The van der Waals surface area contributed by atoms with Crippen LogP contribution >= 0.6 is 0 Å². The Balaban J connectivity index is 0.682. The van der Waals surface area contributed by atoms with E-state index >= 15 is 0 Å². The number of amides is 6. The van der Waals surface area contributed by atoms with Crippen molar-refractivity contribution >= 4 is 87.6 Å². The smallest absolute Gasteiger partial charge is 0.260 e. The van der Waals surface area contributed by atoms with Crippen molar-refractivity contribution in [1.29, 1.82) is 0 Å². The van der Waals surface area contributed by atoms with E-state index in [1.807, 2.05) is 36.8 Å². The van der Waals surface area contributed by atoms with Gasteiger partial charge in [0.05, 0.1) is 50.4 Å². The fraction of sp³-hybridized carbons (Fsp3) is 0.400. The second kappa shape index (κ2) is 26.3. The number of fused-ring (bicyclic) bond motifs is 4. The van der Waals surface area contributed by atoms with Crippen LogP contribution in [0.4, 0.5) is 22.7 Å². The molecule has 4 aromatic rings. The highest BCUT2D eigenvalue weighted by atomic mass is 16.5. The molecule has 0 saturated carbocycles. The molecule has 6 amide bonds. The van der Waals surface area contributed by atoms with Crippen LogP contribution in [0.3, 0.4) is 0 Å². The van der Waals surface area contributed by atoms with Crippen LogP contribution in [-0.4, -0.2) is 154 Å². The Morgan fingerprint density at radius 3 is 1.95 bits per heavy atom. The number of carbonyl (C=O) groups is 7. The number of hydrogen-bond acceptors (Lipinski definition) is 15. The molecule has 85 heavy (non-hydrogen) atoms. The molecular formula is C65H73N9O11. The highest BCUT2D eigenvalue weighted by Crippen LogP contribution is 2.45. The summed E-state index contributed by atoms with van der Waals surface area (Å²) in [6.45, 7) is 10.1. The van der Waals surface area contributed by atoms with Gasteiger partial charge in [0, 0.05) is 124 Å². The number of imide groups is 1. The van der Waals surface area contributed by atoms with Crippen molar-refractivity contribution in [2.45, 2.75) is 83.8 Å². The number of piperazine rings is 1. The molecule has 4 aromatic carbocycles. The maximum atomic E-state index is 14.2. The molecule has 0 radical (unpaired) electrons. The second-order valence-electron chi connectivity index (χ2n) is 22.6. The number of unbranched alkanes of at least 4 members (excludes halogenated alkanes) is 2. The lowest BCUT2D eigenvalue weighted by atomic mass is 9.89. The van der Waals surface area contributed by atoms with E-state index in [0.29, 0.717) is 89.7 Å². The van der Waals surface area contributed by atoms with Gasteiger partial charge in [-0.25, -0.2) is 0 Å². The summed E-state index contributed by atoms with van der Waals surface area (Å²) in [5.74, 6) is -1.37. The van der Waals surface area contributed by atoms with Crippen molar-refractivity contribution in [2.75, 3.05) is 77.4 Å². The van der Waals surface area contributed by atoms with Crippen molar-refractivity contribution < 1.29 is 52.5 Å². The van der Waals surface area contributed by atoms with Gasteiger partial charge in [-0.3, -0.25) is 48.4 Å². The molecule has 0 aromatic heterocycles. The third-order valence-electron chi connectivity index (χ3n) is 16.4. The number of ketones is 1. The first kappa shape index (κ1) is 59.3. The minimum atomic E-state index is -0.919. The zero-order valence-corrected chi connectivity index (χ0v) is 48.9. The standard InChI is InChI=1S/C65H73N9O11/c1-39(2)61(70-58(75)11-8-7-9-22-73-59(76)20-21-60(73)77)64(80)68-40(3)63(79)69-46-16-12-41(13-17-46)43-29-44-36-66-52-34-56(54(82-5)32-50(52)62(78)49(44)31-43)84-27-10-28-85-57-35-53-51(33-55(57)83-6)65(81)74-38-45(30-48(74)37-67-53)42-14-18-47(19-15-42)72-25-23-71(4)24-26-72/h12-21,31-40,44,48-49,61H,7-11,22-30H2,1-6H3,(H,68,80)(H,69,79)(H,70,75)/t40-,44-,48-,49?,61?/m0/s1. The summed E-state index contributed by atoms with van der Waals surface area (Å²) < 4.78 is 23.9. The molecule has 5 heterocycles. The number of rotatable bonds is 23. The molecule has 3 N–H and O–H groups in total. The zero-order chi connectivity index (χ0) is 59.9. The first-order valence-corrected chi connectivity index (χ1v) is 29.2. The van der Waals surface area contributed by atoms with E-state index in [2.05, 4.69) is 57.1 Å². The molecular weight excluding hydrogens is 1080 g/mol. The second-order valence-corrected chi connectivity index (χ2v) is 22.6. The van der Waals surface area contributed by atoms with Gasteiger partial charge in [-0.1, -0.05) is 50.6 Å². The van der Waals surface area contributed by atoms with Crippen molar-refractivity contribution in [3.63, 3.8) is 0 Å². The molecule has 20 heteroatoms. The van der Waals surface area contributed by atoms with E-state index in [1.165, 1.54) is 29.8 Å². The fourth-order valence-electron chi connectivity index (χ4n) is 11.4. The third-order valence-corrected chi connectivity index (χ3v) is 16.4. The number of Topliss-reactive ketones (excluding diaryl/α,β-unsaturated/α-hetero) is 1. The van der Waals surface area contributed by atoms with Crippen molar-refractivity contribution in [1.82, 2.24) is 25.3 Å². The van der Waals surface area contributed by atoms with Crippen LogP contribution in [0, 0.1) is 17.8 Å². The SMILES string of the molecule is COc1cc2c(cc1OCCCOc1cc3c(cc1OC)C(=O)N1C=C(c4ccc(N5CCN(C)CC5)cc4)C[C@H]1C=N3)N=C[C@@H]1CC(c3ccc(NC(=O)[C@H](C)NC(=O)C(NC(=O)CCCCCN4C(=O)C=CC4=O)C(C)C)cc3)=CC1C2=O. The lowest BCUT2D eigenvalue weighted by Crippen LogP contribution is -2.53. The van der Waals surface area contributed by atoms with Crippen LogP contribution < -0.4 is 39.8 Å². The largest absolute Gasteiger partial charge is 0.493 e. The van der Waals surface area contributed by atoms with Crippen molar-refractivity contribution in [2.24, 2.45) is 27.7 Å². The van der Waals surface area contributed by atoms with Gasteiger partial charge in [0.2, 0.25) is 17.7 Å². The van der Waals surface area contributed by atoms with Gasteiger partial charge >= 0.3 is 0 Å². The van der Waals surface area contributed by atoms with Crippen molar-refractivity contribution in [3.05, 3.63) is 119 Å². The number of hydrogen-bond donors (Lipinski definition) is 3. The van der Waals surface area contributed by atoms with Crippen LogP contribution in [-0.2, 0) is 24.0 Å². The third kappa shape index (κ3) is 13.5. The summed E-state index contributed by atoms with van der Waals surface area (Å²) in [6, 6.07) is 20.7. The highest BCUT2D eigenvalue weighted by molar-refractivity contribution is 6.13. The van der Waals surface area contributed by atoms with Crippen molar-refractivity contribution in [3.8, 4) is 23.0 Å². The maximum absolute atomic E-state index is 14.2. The fourth-order valence-corrected chi connectivity index (χ4v) is 11.4. The maximum Gasteiger partial charge on any atom is 0.260 e. The van der Waals surface area contributed by atoms with E-state index in [0.717, 1.165) is 48.5 Å². The zero-order valence-electron chi connectivity index (χ0n) is 48.9. The molecule has 1 saturated heterocycles. The van der Waals surface area contributed by atoms with E-state index < -0.39 is 29.8 Å². The number of likely N-dealkylation sites (N-methyl/N-ethyl adjacent to an activating group) is 1. The molecule has 10 rings (SSSR count). The van der Waals surface area contributed by atoms with E-state index in [9.17, 15) is 33.6 Å². The monoisotopic (exact) mass is 1160 g/mol. The summed E-state index contributed by atoms with van der Waals surface area (Å²) in [5.41, 5.74) is 7.58. The lowest BCUT2D eigenvalue weighted by molar-refractivity contribution is -0.137. The molecule has 2 unspecified atom stereocenters. The van der Waals surface area contributed by atoms with Crippen LogP contribution in [0.1, 0.15) is 97.6 Å². The summed E-state index contributed by atoms with van der Waals surface area (Å²) in [6.07, 6.45) is 13.6. The number of aliphatic imine (C=N–C) groups is 2. The molecule has 20 nitrogen and oxygen atoms in total. The molecule has 6 aliphatic rings. The predicted octanol–water partition coefficient (Wildman–Crippen LogP) is 7.96. The number of anilines is 2. The number of carbonyl (C=O) groups excluding carboxylic acids is 7. The molecule has 5 atom stereocenters. The number of nitrogens with zero attached hydrogens (tertiary/aromatic N) is 6. The summed E-state index contributed by atoms with van der Waals surface area (Å²) in [5, 5.41) is 8.37. The van der Waals surface area contributed by atoms with Crippen LogP contribution in [0.2, 0.25) is 0 Å². The molecule has 0 bridgehead atoms. The summed E-state index contributed by atoms with van der Waals surface area (Å²) in [7, 11) is 5.22. The Kier molecular flexibility index (Phi) is 18.4. The van der Waals surface area contributed by atoms with Gasteiger partial charge in [0.1, 0.15) is 12.1 Å². The van der Waals surface area contributed by atoms with Gasteiger partial charge in [0.25, 0.3) is 17.7 Å². The topological polar surface area (TPSA) is 230 Å². The first-order valence-electron chi connectivity index (χ1n) is 29.2. The average molecular weight is 1160 g/mol. The highest BCUT2D eigenvalue weighted by Gasteiger charge is 2.37. The van der Waals surface area contributed by atoms with Gasteiger partial charge < -0.3 is 49.6 Å². The molecule has 5 aliphatic heterocycles. The molecule has 0 spiro atoms. The Morgan fingerprint density at radius 1 is 0.671 bits per heavy atom. The van der Waals surface area contributed by atoms with Gasteiger partial charge in [0.15, 0.2) is 28.8 Å². The quantitative estimate of drug-likeness (QED) is 0.0473. The summed E-state index contributed by atoms with van der Waals surface area (Å²) >= 11 is 0. The first-order chi connectivity index (χ1) is 41.0. The van der Waals surface area contributed by atoms with Crippen LogP contribution in [0.15, 0.2) is 107 Å². The Labute approximate surface area is 495 Å². The predicted molar refractivity (Wildman–Crippen MR) is 324 cm³/mol. The minimum Gasteiger partial charge on any atom is -0.493 e. The van der Waals surface area contributed by atoms with Gasteiger partial charge in [-0.05, 0) is 97.8 Å². The molecule has 1 aliphatic carbocycles. The number of ether oxygens (including phenoxy) is 4. The number of methoxy groups -OCH3 is 2.